The largest absolute Gasteiger partial charge is 0.467 e. The summed E-state index contributed by atoms with van der Waals surface area (Å²) in [6.45, 7) is 7.45. The van der Waals surface area contributed by atoms with Gasteiger partial charge in [0.1, 0.15) is 12.1 Å². The fourth-order valence-corrected chi connectivity index (χ4v) is 1.74. The van der Waals surface area contributed by atoms with E-state index in [9.17, 15) is 14.4 Å². The van der Waals surface area contributed by atoms with Crippen molar-refractivity contribution in [1.82, 2.24) is 16.0 Å². The summed E-state index contributed by atoms with van der Waals surface area (Å²) in [5.41, 5.74) is -0.171. The van der Waals surface area contributed by atoms with E-state index in [1.807, 2.05) is 13.8 Å². The molecule has 8 heteroatoms. The minimum absolute atomic E-state index is 0.0920. The second kappa shape index (κ2) is 10.0. The Labute approximate surface area is 137 Å². The van der Waals surface area contributed by atoms with Crippen LogP contribution in [0.1, 0.15) is 40.5 Å². The molecule has 2 atom stereocenters. The highest BCUT2D eigenvalue weighted by atomic mass is 16.5. The third-order valence-electron chi connectivity index (χ3n) is 3.40. The van der Waals surface area contributed by atoms with Gasteiger partial charge < -0.3 is 25.8 Å². The van der Waals surface area contributed by atoms with Gasteiger partial charge in [-0.1, -0.05) is 13.8 Å². The first-order chi connectivity index (χ1) is 10.6. The first-order valence-electron chi connectivity index (χ1n) is 7.66. The van der Waals surface area contributed by atoms with E-state index in [-0.39, 0.29) is 12.0 Å². The predicted octanol–water partition coefficient (Wildman–Crippen LogP) is 0.151. The number of carbonyl (C=O) groups excluding carboxylic acids is 3. The van der Waals surface area contributed by atoms with Crippen LogP contribution in [0.5, 0.6) is 0 Å². The lowest BCUT2D eigenvalue weighted by Gasteiger charge is -2.21. The van der Waals surface area contributed by atoms with Gasteiger partial charge in [-0.25, -0.2) is 9.59 Å². The number of rotatable bonds is 9. The van der Waals surface area contributed by atoms with Crippen molar-refractivity contribution in [2.45, 2.75) is 52.6 Å². The van der Waals surface area contributed by atoms with Gasteiger partial charge in [0.05, 0.1) is 7.11 Å². The van der Waals surface area contributed by atoms with Crippen LogP contribution >= 0.6 is 0 Å². The van der Waals surface area contributed by atoms with E-state index in [4.69, 9.17) is 5.11 Å². The Balaban J connectivity index is 4.05. The molecule has 23 heavy (non-hydrogen) atoms. The summed E-state index contributed by atoms with van der Waals surface area (Å²) < 4.78 is 4.50. The van der Waals surface area contributed by atoms with E-state index in [1.54, 1.807) is 0 Å². The van der Waals surface area contributed by atoms with Gasteiger partial charge in [-0.2, -0.15) is 0 Å². The number of hydrogen-bond acceptors (Lipinski definition) is 5. The number of methoxy groups -OCH3 is 1. The average Bonchev–Trinajstić information content (AvgIpc) is 2.50. The summed E-state index contributed by atoms with van der Waals surface area (Å²) in [6.07, 6.45) is 1.50. The number of nitrogens with one attached hydrogen (secondary N) is 3. The normalized spacial score (nSPS) is 13.7. The van der Waals surface area contributed by atoms with Gasteiger partial charge >= 0.3 is 12.0 Å². The number of ether oxygens (including phenoxy) is 1. The first-order valence-corrected chi connectivity index (χ1v) is 7.66. The molecular formula is C15H29N3O5. The molecule has 0 aliphatic rings. The molecule has 4 N–H and O–H groups in total. The predicted molar refractivity (Wildman–Crippen MR) is 85.7 cm³/mol. The highest BCUT2D eigenvalue weighted by Crippen LogP contribution is 2.20. The van der Waals surface area contributed by atoms with Gasteiger partial charge in [-0.05, 0) is 32.1 Å². The van der Waals surface area contributed by atoms with E-state index < -0.39 is 30.0 Å². The van der Waals surface area contributed by atoms with Crippen LogP contribution < -0.4 is 16.0 Å². The molecule has 0 saturated carbocycles. The second-order valence-electron chi connectivity index (χ2n) is 6.30. The Morgan fingerprint density at radius 3 is 2.26 bits per heavy atom. The number of amides is 3. The summed E-state index contributed by atoms with van der Waals surface area (Å²) >= 11 is 0. The number of aliphatic hydroxyl groups is 1. The molecule has 0 aromatic rings. The molecule has 0 fully saturated rings. The quantitative estimate of drug-likeness (QED) is 0.354. The number of aliphatic hydroxyl groups excluding tert-OH is 1. The van der Waals surface area contributed by atoms with Gasteiger partial charge in [0.25, 0.3) is 0 Å². The van der Waals surface area contributed by atoms with Gasteiger partial charge in [0, 0.05) is 13.2 Å². The van der Waals surface area contributed by atoms with Crippen molar-refractivity contribution < 1.29 is 24.2 Å². The van der Waals surface area contributed by atoms with Crippen molar-refractivity contribution in [2.75, 3.05) is 20.3 Å². The summed E-state index contributed by atoms with van der Waals surface area (Å²) in [7, 11) is 1.23. The molecule has 0 aliphatic heterocycles. The molecule has 0 radical (unpaired) electrons. The Hall–Kier alpha value is -1.83. The number of urea groups is 1. The van der Waals surface area contributed by atoms with Crippen molar-refractivity contribution in [3.63, 3.8) is 0 Å². The molecular weight excluding hydrogens is 302 g/mol. The summed E-state index contributed by atoms with van der Waals surface area (Å²) in [5, 5.41) is 16.7. The van der Waals surface area contributed by atoms with E-state index in [2.05, 4.69) is 20.7 Å². The zero-order valence-corrected chi connectivity index (χ0v) is 14.6. The smallest absolute Gasteiger partial charge is 0.328 e. The molecule has 3 amide bonds. The Morgan fingerprint density at radius 1 is 1.13 bits per heavy atom. The fourth-order valence-electron chi connectivity index (χ4n) is 1.74. The average molecular weight is 331 g/mol. The molecule has 0 unspecified atom stereocenters. The Kier molecular flexibility index (Phi) is 9.24. The first kappa shape index (κ1) is 21.2. The summed E-state index contributed by atoms with van der Waals surface area (Å²) in [6, 6.07) is -2.02. The van der Waals surface area contributed by atoms with E-state index >= 15 is 0 Å². The van der Waals surface area contributed by atoms with E-state index in [0.29, 0.717) is 6.54 Å². The standard InChI is InChI=1S/C15H29N3O5/c1-10(12(20)17-11(2)13(21)23-5)18-14(22)16-8-6-7-15(3,4)9-19/h10-11,19H,6-9H2,1-5H3,(H,17,20)(H2,16,18,22)/t10-,11-/m0/s1. The Bertz CT molecular complexity index is 412. The molecule has 0 aliphatic carbocycles. The number of hydrogen-bond donors (Lipinski definition) is 4. The van der Waals surface area contributed by atoms with Gasteiger partial charge in [-0.3, -0.25) is 4.79 Å². The van der Waals surface area contributed by atoms with Crippen molar-refractivity contribution in [1.29, 1.82) is 0 Å². The second-order valence-corrected chi connectivity index (χ2v) is 6.30. The molecule has 8 nitrogen and oxygen atoms in total. The molecule has 0 saturated heterocycles. The lowest BCUT2D eigenvalue weighted by atomic mass is 9.89. The van der Waals surface area contributed by atoms with Crippen LogP contribution in [0.4, 0.5) is 4.79 Å². The molecule has 134 valence electrons. The Morgan fingerprint density at radius 2 is 1.74 bits per heavy atom. The third-order valence-corrected chi connectivity index (χ3v) is 3.40. The maximum Gasteiger partial charge on any atom is 0.328 e. The SMILES string of the molecule is COC(=O)[C@H](C)NC(=O)[C@H](C)NC(=O)NCCCC(C)(C)CO. The minimum atomic E-state index is -0.781. The zero-order chi connectivity index (χ0) is 18.0. The molecule has 0 aromatic heterocycles. The van der Waals surface area contributed by atoms with Crippen molar-refractivity contribution in [3.8, 4) is 0 Å². The lowest BCUT2D eigenvalue weighted by Crippen LogP contribution is -2.51. The molecule has 0 bridgehead atoms. The van der Waals surface area contributed by atoms with Crippen molar-refractivity contribution >= 4 is 17.9 Å². The van der Waals surface area contributed by atoms with Gasteiger partial charge in [0.15, 0.2) is 0 Å². The topological polar surface area (TPSA) is 117 Å². The zero-order valence-electron chi connectivity index (χ0n) is 14.6. The maximum atomic E-state index is 11.8. The lowest BCUT2D eigenvalue weighted by molar-refractivity contribution is -0.144. The maximum absolute atomic E-state index is 11.8. The molecule has 0 heterocycles. The van der Waals surface area contributed by atoms with E-state index in [1.165, 1.54) is 21.0 Å². The van der Waals surface area contributed by atoms with Crippen LogP contribution in [0.15, 0.2) is 0 Å². The van der Waals surface area contributed by atoms with Crippen LogP contribution in [0.25, 0.3) is 0 Å². The monoisotopic (exact) mass is 331 g/mol. The third kappa shape index (κ3) is 9.02. The van der Waals surface area contributed by atoms with Crippen LogP contribution in [0.2, 0.25) is 0 Å². The van der Waals surface area contributed by atoms with Gasteiger partial charge in [0.2, 0.25) is 5.91 Å². The van der Waals surface area contributed by atoms with Crippen molar-refractivity contribution in [3.05, 3.63) is 0 Å². The van der Waals surface area contributed by atoms with E-state index in [0.717, 1.165) is 12.8 Å². The minimum Gasteiger partial charge on any atom is -0.467 e. The highest BCUT2D eigenvalue weighted by molar-refractivity contribution is 5.89. The van der Waals surface area contributed by atoms with Gasteiger partial charge in [-0.15, -0.1) is 0 Å². The number of esters is 1. The van der Waals surface area contributed by atoms with Crippen LogP contribution in [-0.2, 0) is 14.3 Å². The van der Waals surface area contributed by atoms with Crippen LogP contribution in [0.3, 0.4) is 0 Å². The molecule has 0 aromatic carbocycles. The fraction of sp³-hybridized carbons (Fsp3) is 0.800. The summed E-state index contributed by atoms with van der Waals surface area (Å²) in [4.78, 5) is 34.7. The highest BCUT2D eigenvalue weighted by Gasteiger charge is 2.21. The van der Waals surface area contributed by atoms with Crippen LogP contribution in [-0.4, -0.2) is 55.4 Å². The summed E-state index contributed by atoms with van der Waals surface area (Å²) in [5.74, 6) is -1.03. The van der Waals surface area contributed by atoms with Crippen molar-refractivity contribution in [2.24, 2.45) is 5.41 Å². The molecule has 0 spiro atoms. The van der Waals surface area contributed by atoms with Crippen LogP contribution in [0, 0.1) is 5.41 Å². The number of carbonyl (C=O) groups is 3. The molecule has 0 rings (SSSR count).